The maximum Gasteiger partial charge on any atom is 0.329 e. The number of carboxylic acid groups (broad SMARTS) is 1. The summed E-state index contributed by atoms with van der Waals surface area (Å²) in [7, 11) is 0. The molecule has 1 N–H and O–H groups in total. The third-order valence-electron chi connectivity index (χ3n) is 4.55. The van der Waals surface area contributed by atoms with Crippen LogP contribution in [0.1, 0.15) is 111 Å². The Morgan fingerprint density at radius 3 is 1.65 bits per heavy atom. The number of carbonyl (C=O) groups is 1. The number of hydrogen-bond donors (Lipinski definition) is 1. The smallest absolute Gasteiger partial charge is 0.329 e. The zero-order valence-corrected chi connectivity index (χ0v) is 17.6. The molecule has 0 heterocycles. The molecule has 0 fully saturated rings. The van der Waals surface area contributed by atoms with E-state index in [1.54, 1.807) is 0 Å². The molecular weight excluding hydrogens is 328 g/mol. The van der Waals surface area contributed by atoms with Gasteiger partial charge in [0.2, 0.25) is 0 Å². The summed E-state index contributed by atoms with van der Waals surface area (Å²) in [4.78, 5) is 10.7. The lowest BCUT2D eigenvalue weighted by Crippen LogP contribution is -2.23. The van der Waals surface area contributed by atoms with Gasteiger partial charge in [-0.25, -0.2) is 4.79 Å². The van der Waals surface area contributed by atoms with Crippen LogP contribution in [0.15, 0.2) is 0 Å². The summed E-state index contributed by atoms with van der Waals surface area (Å²) in [6.07, 6.45) is 17.7. The van der Waals surface area contributed by atoms with Crippen molar-refractivity contribution in [3.8, 4) is 0 Å². The first-order valence-electron chi connectivity index (χ1n) is 11.0. The first-order chi connectivity index (χ1) is 12.6. The van der Waals surface area contributed by atoms with Crippen LogP contribution in [-0.2, 0) is 14.3 Å². The van der Waals surface area contributed by atoms with Crippen LogP contribution in [0.25, 0.3) is 0 Å². The molecule has 1 atom stereocenters. The highest BCUT2D eigenvalue weighted by Crippen LogP contribution is 2.14. The summed E-state index contributed by atoms with van der Waals surface area (Å²) in [6.45, 7) is 6.77. The molecule has 0 spiro atoms. The second-order valence-electron chi connectivity index (χ2n) is 7.89. The first kappa shape index (κ1) is 25.4. The number of unbranched alkanes of at least 4 members (excludes halogenated alkanes) is 12. The summed E-state index contributed by atoms with van der Waals surface area (Å²) in [6, 6.07) is 0. The van der Waals surface area contributed by atoms with Crippen molar-refractivity contribution in [2.24, 2.45) is 5.92 Å². The monoisotopic (exact) mass is 372 g/mol. The highest BCUT2D eigenvalue weighted by molar-refractivity contribution is 5.67. The Labute approximate surface area is 162 Å². The van der Waals surface area contributed by atoms with Gasteiger partial charge in [-0.15, -0.1) is 0 Å². The third kappa shape index (κ3) is 19.7. The third-order valence-corrected chi connectivity index (χ3v) is 4.55. The van der Waals surface area contributed by atoms with E-state index in [9.17, 15) is 4.79 Å². The molecule has 1 unspecified atom stereocenters. The molecule has 0 aromatic heterocycles. The Bertz CT molecular complexity index is 305. The first-order valence-corrected chi connectivity index (χ1v) is 11.0. The van der Waals surface area contributed by atoms with Gasteiger partial charge in [0.25, 0.3) is 0 Å². The molecule has 0 rings (SSSR count). The molecule has 0 aliphatic heterocycles. The fourth-order valence-electron chi connectivity index (χ4n) is 3.01. The van der Waals surface area contributed by atoms with Crippen LogP contribution in [0.2, 0.25) is 0 Å². The molecule has 0 aliphatic carbocycles. The fourth-order valence-corrected chi connectivity index (χ4v) is 3.01. The summed E-state index contributed by atoms with van der Waals surface area (Å²) in [5.41, 5.74) is 0. The molecule has 0 saturated heterocycles. The lowest BCUT2D eigenvalue weighted by atomic mass is 10.0. The molecular formula is C22H44O4. The predicted octanol–water partition coefficient (Wildman–Crippen LogP) is 6.57. The van der Waals surface area contributed by atoms with E-state index in [1.165, 1.54) is 77.0 Å². The second-order valence-corrected chi connectivity index (χ2v) is 7.89. The van der Waals surface area contributed by atoms with Crippen LogP contribution in [-0.4, -0.2) is 30.6 Å². The summed E-state index contributed by atoms with van der Waals surface area (Å²) in [5, 5.41) is 8.74. The van der Waals surface area contributed by atoms with E-state index in [4.69, 9.17) is 14.6 Å². The van der Waals surface area contributed by atoms with Crippen molar-refractivity contribution in [3.63, 3.8) is 0 Å². The van der Waals surface area contributed by atoms with Gasteiger partial charge < -0.3 is 14.6 Å². The van der Waals surface area contributed by atoms with Crippen molar-refractivity contribution in [2.45, 2.75) is 117 Å². The van der Waals surface area contributed by atoms with E-state index in [2.05, 4.69) is 20.8 Å². The Morgan fingerprint density at radius 2 is 1.23 bits per heavy atom. The van der Waals surface area contributed by atoms with Gasteiger partial charge in [-0.3, -0.25) is 0 Å². The van der Waals surface area contributed by atoms with Gasteiger partial charge in [0.15, 0.2) is 6.29 Å². The van der Waals surface area contributed by atoms with Gasteiger partial charge in [-0.05, 0) is 18.8 Å². The van der Waals surface area contributed by atoms with Crippen LogP contribution in [0.3, 0.4) is 0 Å². The molecule has 0 amide bonds. The number of rotatable bonds is 20. The molecule has 0 saturated carbocycles. The Hall–Kier alpha value is -0.610. The topological polar surface area (TPSA) is 55.8 Å². The van der Waals surface area contributed by atoms with E-state index < -0.39 is 5.97 Å². The van der Waals surface area contributed by atoms with E-state index >= 15 is 0 Å². The minimum atomic E-state index is -0.937. The zero-order valence-electron chi connectivity index (χ0n) is 17.6. The zero-order chi connectivity index (χ0) is 19.5. The van der Waals surface area contributed by atoms with Crippen LogP contribution < -0.4 is 0 Å². The molecule has 0 bridgehead atoms. The highest BCUT2D eigenvalue weighted by atomic mass is 16.7. The van der Waals surface area contributed by atoms with Crippen LogP contribution in [0, 0.1) is 5.92 Å². The van der Waals surface area contributed by atoms with Crippen molar-refractivity contribution in [3.05, 3.63) is 0 Å². The average molecular weight is 373 g/mol. The summed E-state index contributed by atoms with van der Waals surface area (Å²) in [5.74, 6) is -0.508. The normalized spacial score (nSPS) is 12.6. The lowest BCUT2D eigenvalue weighted by molar-refractivity contribution is -0.172. The second kappa shape index (κ2) is 19.2. The van der Waals surface area contributed by atoms with Gasteiger partial charge in [0.1, 0.15) is 6.61 Å². The minimum Gasteiger partial charge on any atom is -0.480 e. The minimum absolute atomic E-state index is 0.277. The highest BCUT2D eigenvalue weighted by Gasteiger charge is 2.12. The maximum atomic E-state index is 10.7. The lowest BCUT2D eigenvalue weighted by Gasteiger charge is -2.19. The molecule has 4 nitrogen and oxygen atoms in total. The fraction of sp³-hybridized carbons (Fsp3) is 0.955. The van der Waals surface area contributed by atoms with Crippen molar-refractivity contribution >= 4 is 5.97 Å². The van der Waals surface area contributed by atoms with Gasteiger partial charge in [0.05, 0.1) is 6.61 Å². The van der Waals surface area contributed by atoms with Crippen molar-refractivity contribution < 1.29 is 19.4 Å². The average Bonchev–Trinajstić information content (AvgIpc) is 2.60. The van der Waals surface area contributed by atoms with E-state index in [-0.39, 0.29) is 12.9 Å². The van der Waals surface area contributed by atoms with Gasteiger partial charge >= 0.3 is 5.97 Å². The summed E-state index contributed by atoms with van der Waals surface area (Å²) < 4.78 is 11.0. The molecule has 0 radical (unpaired) electrons. The van der Waals surface area contributed by atoms with Gasteiger partial charge in [-0.2, -0.15) is 0 Å². The van der Waals surface area contributed by atoms with Crippen molar-refractivity contribution in [1.82, 2.24) is 0 Å². The van der Waals surface area contributed by atoms with Gasteiger partial charge in [0, 0.05) is 0 Å². The Balaban J connectivity index is 3.49. The quantitative estimate of drug-likeness (QED) is 0.194. The SMILES string of the molecule is CCCCCCCCCCCCCCCC(OCC(=O)O)OCC(C)C. The number of carboxylic acids is 1. The number of aliphatic carboxylic acids is 1. The maximum absolute atomic E-state index is 10.7. The number of hydrogen-bond acceptors (Lipinski definition) is 3. The standard InChI is InChI=1S/C22H44O4/c1-4-5-6-7-8-9-10-11-12-13-14-15-16-17-22(25-18-20(2)3)26-19-21(23)24/h20,22H,4-19H2,1-3H3,(H,23,24). The Morgan fingerprint density at radius 1 is 0.769 bits per heavy atom. The molecule has 0 aliphatic rings. The van der Waals surface area contributed by atoms with Gasteiger partial charge in [-0.1, -0.05) is 97.8 Å². The van der Waals surface area contributed by atoms with Crippen LogP contribution in [0.4, 0.5) is 0 Å². The van der Waals surface area contributed by atoms with E-state index in [0.717, 1.165) is 12.8 Å². The van der Waals surface area contributed by atoms with Crippen LogP contribution in [0.5, 0.6) is 0 Å². The Kier molecular flexibility index (Phi) is 18.7. The van der Waals surface area contributed by atoms with E-state index in [0.29, 0.717) is 12.5 Å². The largest absolute Gasteiger partial charge is 0.480 e. The molecule has 0 aromatic rings. The van der Waals surface area contributed by atoms with Crippen molar-refractivity contribution in [1.29, 1.82) is 0 Å². The molecule has 26 heavy (non-hydrogen) atoms. The summed E-state index contributed by atoms with van der Waals surface area (Å²) >= 11 is 0. The molecule has 4 heteroatoms. The van der Waals surface area contributed by atoms with Crippen molar-refractivity contribution in [2.75, 3.05) is 13.2 Å². The van der Waals surface area contributed by atoms with Crippen LogP contribution >= 0.6 is 0 Å². The van der Waals surface area contributed by atoms with E-state index in [1.807, 2.05) is 0 Å². The number of ether oxygens (including phenoxy) is 2. The molecule has 156 valence electrons. The molecule has 0 aromatic carbocycles. The predicted molar refractivity (Wildman–Crippen MR) is 108 cm³/mol.